The number of imidazole rings is 1. The predicted molar refractivity (Wildman–Crippen MR) is 122 cm³/mol. The van der Waals surface area contributed by atoms with Crippen LogP contribution >= 0.6 is 0 Å². The summed E-state index contributed by atoms with van der Waals surface area (Å²) >= 11 is 0. The molecule has 1 aliphatic carbocycles. The van der Waals surface area contributed by atoms with Crippen molar-refractivity contribution in [2.24, 2.45) is 0 Å². The standard InChI is InChI=1S/C21H30N6O5S/c1-5-32-19(28)17-13-22-18-16(25-8-10-26(11-9-25)20(29)24(3)4)12-15(14-27(17)18)33(30,31)23-21(2)6-7-21/h12-14,23H,5-11H2,1-4H3. The predicted octanol–water partition coefficient (Wildman–Crippen LogP) is 1.15. The van der Waals surface area contributed by atoms with Gasteiger partial charge in [0.2, 0.25) is 10.0 Å². The van der Waals surface area contributed by atoms with E-state index in [-0.39, 0.29) is 23.2 Å². The second kappa shape index (κ2) is 8.49. The van der Waals surface area contributed by atoms with Crippen LogP contribution in [0, 0.1) is 0 Å². The number of anilines is 1. The number of hydrogen-bond donors (Lipinski definition) is 1. The molecule has 0 radical (unpaired) electrons. The second-order valence-corrected chi connectivity index (χ2v) is 10.6. The SMILES string of the molecule is CCOC(=O)c1cnc2c(N3CCN(C(=O)N(C)C)CC3)cc(S(=O)(=O)NC3(C)CC3)cn12. The lowest BCUT2D eigenvalue weighted by atomic mass is 10.2. The van der Waals surface area contributed by atoms with Crippen molar-refractivity contribution in [1.29, 1.82) is 0 Å². The van der Waals surface area contributed by atoms with E-state index >= 15 is 0 Å². The smallest absolute Gasteiger partial charge is 0.356 e. The van der Waals surface area contributed by atoms with E-state index < -0.39 is 21.5 Å². The van der Waals surface area contributed by atoms with E-state index in [2.05, 4.69) is 9.71 Å². The molecule has 12 heteroatoms. The number of carbonyl (C=O) groups is 2. The highest BCUT2D eigenvalue weighted by Crippen LogP contribution is 2.36. The summed E-state index contributed by atoms with van der Waals surface area (Å²) in [5, 5.41) is 0. The van der Waals surface area contributed by atoms with Crippen molar-refractivity contribution in [2.45, 2.75) is 37.1 Å². The number of ether oxygens (including phenoxy) is 1. The molecule has 2 fully saturated rings. The maximum absolute atomic E-state index is 13.2. The first-order chi connectivity index (χ1) is 15.5. The molecule has 1 N–H and O–H groups in total. The van der Waals surface area contributed by atoms with Crippen molar-refractivity contribution in [3.05, 3.63) is 24.2 Å². The number of nitrogens with one attached hydrogen (secondary N) is 1. The fourth-order valence-electron chi connectivity index (χ4n) is 3.87. The van der Waals surface area contributed by atoms with Gasteiger partial charge >= 0.3 is 12.0 Å². The van der Waals surface area contributed by atoms with Crippen LogP contribution in [0.25, 0.3) is 5.65 Å². The second-order valence-electron chi connectivity index (χ2n) is 8.94. The fourth-order valence-corrected chi connectivity index (χ4v) is 5.36. The molecule has 2 amide bonds. The maximum Gasteiger partial charge on any atom is 0.356 e. The maximum atomic E-state index is 13.2. The number of piperazine rings is 1. The third-order valence-corrected chi connectivity index (χ3v) is 7.62. The van der Waals surface area contributed by atoms with E-state index in [0.29, 0.717) is 37.5 Å². The first kappa shape index (κ1) is 23.3. The number of esters is 1. The molecule has 180 valence electrons. The average molecular weight is 479 g/mol. The molecule has 2 aliphatic rings. The molecule has 1 saturated heterocycles. The molecule has 0 atom stereocenters. The highest BCUT2D eigenvalue weighted by atomic mass is 32.2. The Morgan fingerprint density at radius 1 is 1.21 bits per heavy atom. The zero-order chi connectivity index (χ0) is 24.0. The molecule has 0 aromatic carbocycles. The highest BCUT2D eigenvalue weighted by Gasteiger charge is 2.41. The molecule has 1 saturated carbocycles. The molecule has 2 aromatic heterocycles. The third kappa shape index (κ3) is 4.62. The Bertz CT molecular complexity index is 1180. The molecule has 0 unspecified atom stereocenters. The van der Waals surface area contributed by atoms with E-state index in [9.17, 15) is 18.0 Å². The molecule has 3 heterocycles. The van der Waals surface area contributed by atoms with Gasteiger partial charge < -0.3 is 19.4 Å². The summed E-state index contributed by atoms with van der Waals surface area (Å²) < 4.78 is 35.7. The van der Waals surface area contributed by atoms with Gasteiger partial charge in [-0.15, -0.1) is 0 Å². The van der Waals surface area contributed by atoms with Gasteiger partial charge in [-0.1, -0.05) is 0 Å². The first-order valence-corrected chi connectivity index (χ1v) is 12.5. The zero-order valence-corrected chi connectivity index (χ0v) is 20.2. The van der Waals surface area contributed by atoms with Gasteiger partial charge in [0.1, 0.15) is 4.90 Å². The Morgan fingerprint density at radius 3 is 2.45 bits per heavy atom. The molecule has 0 spiro atoms. The Hall–Kier alpha value is -2.86. The summed E-state index contributed by atoms with van der Waals surface area (Å²) in [6.07, 6.45) is 4.37. The number of aromatic nitrogens is 2. The number of carbonyl (C=O) groups excluding carboxylic acids is 2. The number of amides is 2. The lowest BCUT2D eigenvalue weighted by molar-refractivity contribution is 0.0518. The summed E-state index contributed by atoms with van der Waals surface area (Å²) in [7, 11) is -0.405. The summed E-state index contributed by atoms with van der Waals surface area (Å²) in [5.41, 5.74) is 0.767. The van der Waals surface area contributed by atoms with Crippen LogP contribution in [0.5, 0.6) is 0 Å². The van der Waals surface area contributed by atoms with E-state index in [4.69, 9.17) is 4.74 Å². The number of pyridine rings is 1. The first-order valence-electron chi connectivity index (χ1n) is 11.0. The van der Waals surface area contributed by atoms with Gasteiger partial charge in [-0.25, -0.2) is 27.7 Å². The normalized spacial score (nSPS) is 17.8. The van der Waals surface area contributed by atoms with Crippen molar-refractivity contribution in [3.63, 3.8) is 0 Å². The minimum atomic E-state index is -3.82. The third-order valence-electron chi connectivity index (χ3n) is 6.01. The molecule has 2 aromatic rings. The van der Waals surface area contributed by atoms with Gasteiger partial charge in [-0.3, -0.25) is 4.40 Å². The number of urea groups is 1. The van der Waals surface area contributed by atoms with E-state index in [1.807, 2.05) is 11.8 Å². The summed E-state index contributed by atoms with van der Waals surface area (Å²) in [5.74, 6) is -0.575. The quantitative estimate of drug-likeness (QED) is 0.619. The summed E-state index contributed by atoms with van der Waals surface area (Å²) in [6, 6.07) is 1.53. The lowest BCUT2D eigenvalue weighted by Gasteiger charge is -2.37. The van der Waals surface area contributed by atoms with Crippen LogP contribution in [-0.4, -0.2) is 92.0 Å². The fraction of sp³-hybridized carbons (Fsp3) is 0.571. The van der Waals surface area contributed by atoms with Crippen LogP contribution in [0.4, 0.5) is 10.5 Å². The Balaban J connectivity index is 1.73. The van der Waals surface area contributed by atoms with E-state index in [1.54, 1.807) is 32.0 Å². The Labute approximate surface area is 193 Å². The molecular formula is C21H30N6O5S. The molecule has 1 aliphatic heterocycles. The number of rotatable bonds is 6. The van der Waals surface area contributed by atoms with Gasteiger partial charge in [0.05, 0.1) is 18.5 Å². The van der Waals surface area contributed by atoms with E-state index in [1.165, 1.54) is 21.7 Å². The number of sulfonamides is 1. The average Bonchev–Trinajstić information content (AvgIpc) is 3.32. The topological polar surface area (TPSA) is 117 Å². The highest BCUT2D eigenvalue weighted by molar-refractivity contribution is 7.89. The minimum Gasteiger partial charge on any atom is -0.461 e. The molecule has 33 heavy (non-hydrogen) atoms. The molecular weight excluding hydrogens is 448 g/mol. The Kier molecular flexibility index (Phi) is 5.99. The number of nitrogens with zero attached hydrogens (tertiary/aromatic N) is 5. The Morgan fingerprint density at radius 2 is 1.88 bits per heavy atom. The molecule has 11 nitrogen and oxygen atoms in total. The van der Waals surface area contributed by atoms with Gasteiger partial charge in [0.15, 0.2) is 11.3 Å². The van der Waals surface area contributed by atoms with Gasteiger partial charge in [0.25, 0.3) is 0 Å². The van der Waals surface area contributed by atoms with Crippen molar-refractivity contribution < 1.29 is 22.7 Å². The lowest BCUT2D eigenvalue weighted by Crippen LogP contribution is -2.51. The number of hydrogen-bond acceptors (Lipinski definition) is 7. The van der Waals surface area contributed by atoms with E-state index in [0.717, 1.165) is 12.8 Å². The molecule has 0 bridgehead atoms. The van der Waals surface area contributed by atoms with Crippen molar-refractivity contribution in [1.82, 2.24) is 23.9 Å². The van der Waals surface area contributed by atoms with Crippen LogP contribution in [0.15, 0.2) is 23.4 Å². The van der Waals surface area contributed by atoms with Crippen LogP contribution in [0.2, 0.25) is 0 Å². The van der Waals surface area contributed by atoms with Gasteiger partial charge in [-0.05, 0) is 32.8 Å². The number of fused-ring (bicyclic) bond motifs is 1. The minimum absolute atomic E-state index is 0.0495. The van der Waals surface area contributed by atoms with Gasteiger partial charge in [0, 0.05) is 52.0 Å². The van der Waals surface area contributed by atoms with Crippen LogP contribution in [0.3, 0.4) is 0 Å². The van der Waals surface area contributed by atoms with Crippen LogP contribution in [0.1, 0.15) is 37.2 Å². The monoisotopic (exact) mass is 478 g/mol. The largest absolute Gasteiger partial charge is 0.461 e. The molecule has 4 rings (SSSR count). The van der Waals surface area contributed by atoms with Crippen LogP contribution in [-0.2, 0) is 14.8 Å². The zero-order valence-electron chi connectivity index (χ0n) is 19.4. The van der Waals surface area contributed by atoms with Gasteiger partial charge in [-0.2, -0.15) is 0 Å². The summed E-state index contributed by atoms with van der Waals surface area (Å²) in [4.78, 5) is 34.5. The van der Waals surface area contributed by atoms with Crippen LogP contribution < -0.4 is 9.62 Å². The van der Waals surface area contributed by atoms with Crippen molar-refractivity contribution in [2.75, 3.05) is 51.8 Å². The summed E-state index contributed by atoms with van der Waals surface area (Å²) in [6.45, 7) is 5.75. The van der Waals surface area contributed by atoms with Crippen molar-refractivity contribution >= 4 is 33.4 Å². The van der Waals surface area contributed by atoms with Crippen molar-refractivity contribution in [3.8, 4) is 0 Å².